The Morgan fingerprint density at radius 3 is 3.18 bits per heavy atom. The van der Waals surface area contributed by atoms with Crippen LogP contribution in [-0.2, 0) is 13.0 Å². The van der Waals surface area contributed by atoms with Crippen molar-refractivity contribution in [3.8, 4) is 0 Å². The summed E-state index contributed by atoms with van der Waals surface area (Å²) in [5.74, 6) is 4.84. The Bertz CT molecular complexity index is 385. The van der Waals surface area contributed by atoms with Crippen LogP contribution in [0.5, 0.6) is 0 Å². The van der Waals surface area contributed by atoms with E-state index in [1.165, 1.54) is 30.0 Å². The van der Waals surface area contributed by atoms with Gasteiger partial charge < -0.3 is 9.67 Å². The van der Waals surface area contributed by atoms with Crippen molar-refractivity contribution in [2.75, 3.05) is 18.1 Å². The van der Waals surface area contributed by atoms with E-state index in [1.54, 1.807) is 0 Å². The van der Waals surface area contributed by atoms with Crippen LogP contribution in [0, 0.1) is 5.92 Å². The van der Waals surface area contributed by atoms with Crippen molar-refractivity contribution in [3.63, 3.8) is 0 Å². The fourth-order valence-electron chi connectivity index (χ4n) is 2.94. The van der Waals surface area contributed by atoms with E-state index in [9.17, 15) is 5.11 Å². The zero-order valence-corrected chi connectivity index (χ0v) is 11.0. The summed E-state index contributed by atoms with van der Waals surface area (Å²) in [6.45, 7) is 1.33. The van der Waals surface area contributed by atoms with Gasteiger partial charge in [-0.1, -0.05) is 0 Å². The van der Waals surface area contributed by atoms with Gasteiger partial charge in [-0.15, -0.1) is 0 Å². The Morgan fingerprint density at radius 1 is 1.47 bits per heavy atom. The summed E-state index contributed by atoms with van der Waals surface area (Å²) in [7, 11) is 0. The Balaban J connectivity index is 1.75. The van der Waals surface area contributed by atoms with Crippen molar-refractivity contribution in [2.24, 2.45) is 5.92 Å². The topological polar surface area (TPSA) is 38.0 Å². The molecular formula is C13H20N2OS. The van der Waals surface area contributed by atoms with Crippen LogP contribution in [0.2, 0.25) is 0 Å². The van der Waals surface area contributed by atoms with Crippen LogP contribution in [-0.4, -0.2) is 32.8 Å². The van der Waals surface area contributed by atoms with Gasteiger partial charge in [0.2, 0.25) is 0 Å². The smallest absolute Gasteiger partial charge is 0.114 e. The average Bonchev–Trinajstić information content (AvgIpc) is 2.97. The molecule has 2 unspecified atom stereocenters. The molecule has 94 valence electrons. The van der Waals surface area contributed by atoms with Gasteiger partial charge in [0.05, 0.1) is 12.3 Å². The highest BCUT2D eigenvalue weighted by Crippen LogP contribution is 2.29. The van der Waals surface area contributed by atoms with E-state index in [4.69, 9.17) is 4.98 Å². The number of aliphatic hydroxyl groups excluding tert-OH is 1. The van der Waals surface area contributed by atoms with Gasteiger partial charge in [-0.25, -0.2) is 4.98 Å². The molecule has 2 aliphatic rings. The molecule has 0 spiro atoms. The van der Waals surface area contributed by atoms with Crippen LogP contribution < -0.4 is 0 Å². The first kappa shape index (κ1) is 11.6. The normalized spacial score (nSPS) is 28.3. The Hall–Kier alpha value is -0.480. The number of imidazole rings is 1. The van der Waals surface area contributed by atoms with Gasteiger partial charge >= 0.3 is 0 Å². The van der Waals surface area contributed by atoms with Gasteiger partial charge in [0.15, 0.2) is 0 Å². The van der Waals surface area contributed by atoms with Crippen molar-refractivity contribution in [1.29, 1.82) is 0 Å². The fourth-order valence-corrected chi connectivity index (χ4v) is 4.22. The molecule has 1 saturated heterocycles. The summed E-state index contributed by atoms with van der Waals surface area (Å²) in [4.78, 5) is 4.76. The second kappa shape index (κ2) is 5.02. The van der Waals surface area contributed by atoms with Crippen molar-refractivity contribution in [3.05, 3.63) is 17.7 Å². The van der Waals surface area contributed by atoms with Crippen LogP contribution in [0.1, 0.15) is 36.7 Å². The second-order valence-corrected chi connectivity index (χ2v) is 6.39. The maximum absolute atomic E-state index is 9.37. The summed E-state index contributed by atoms with van der Waals surface area (Å²) in [5, 5.41) is 9.37. The third-order valence-corrected chi connectivity index (χ3v) is 5.15. The molecule has 0 radical (unpaired) electrons. The quantitative estimate of drug-likeness (QED) is 0.894. The highest BCUT2D eigenvalue weighted by Gasteiger charge is 2.24. The number of rotatable bonds is 3. The van der Waals surface area contributed by atoms with Gasteiger partial charge in [-0.2, -0.15) is 11.8 Å². The molecular weight excluding hydrogens is 232 g/mol. The van der Waals surface area contributed by atoms with E-state index in [2.05, 4.69) is 22.5 Å². The van der Waals surface area contributed by atoms with E-state index in [0.29, 0.717) is 0 Å². The lowest BCUT2D eigenvalue weighted by Crippen LogP contribution is -2.18. The van der Waals surface area contributed by atoms with Gasteiger partial charge in [0.25, 0.3) is 0 Å². The third-order valence-electron chi connectivity index (χ3n) is 3.92. The number of fused-ring (bicyclic) bond motifs is 1. The number of nitrogens with zero attached hydrogens (tertiary/aromatic N) is 2. The molecule has 1 aromatic heterocycles. The van der Waals surface area contributed by atoms with E-state index < -0.39 is 0 Å². The van der Waals surface area contributed by atoms with Crippen molar-refractivity contribution in [1.82, 2.24) is 9.55 Å². The highest BCUT2D eigenvalue weighted by atomic mass is 32.2. The molecule has 0 amide bonds. The van der Waals surface area contributed by atoms with Crippen LogP contribution in [0.3, 0.4) is 0 Å². The van der Waals surface area contributed by atoms with Gasteiger partial charge in [0.1, 0.15) is 5.82 Å². The molecule has 2 atom stereocenters. The lowest BCUT2D eigenvalue weighted by atomic mass is 10.0. The zero-order chi connectivity index (χ0) is 11.7. The monoisotopic (exact) mass is 252 g/mol. The summed E-state index contributed by atoms with van der Waals surface area (Å²) in [6, 6.07) is 0. The molecule has 0 saturated carbocycles. The Morgan fingerprint density at radius 2 is 2.41 bits per heavy atom. The number of hydrogen-bond donors (Lipinski definition) is 1. The molecule has 17 heavy (non-hydrogen) atoms. The first-order valence-corrected chi connectivity index (χ1v) is 7.77. The van der Waals surface area contributed by atoms with Crippen molar-refractivity contribution in [2.45, 2.75) is 38.1 Å². The molecule has 2 aliphatic heterocycles. The minimum absolute atomic E-state index is 0.246. The Labute approximate surface area is 107 Å². The predicted molar refractivity (Wildman–Crippen MR) is 70.4 cm³/mol. The maximum Gasteiger partial charge on any atom is 0.114 e. The molecule has 0 bridgehead atoms. The molecule has 1 fully saturated rings. The first-order valence-electron chi connectivity index (χ1n) is 6.61. The first-order chi connectivity index (χ1) is 8.36. The summed E-state index contributed by atoms with van der Waals surface area (Å²) < 4.78 is 2.27. The van der Waals surface area contributed by atoms with E-state index >= 15 is 0 Å². The molecule has 0 aliphatic carbocycles. The van der Waals surface area contributed by atoms with Crippen LogP contribution in [0.25, 0.3) is 0 Å². The number of thioether (sulfide) groups is 1. The van der Waals surface area contributed by atoms with Gasteiger partial charge in [-0.05, 0) is 43.1 Å². The van der Waals surface area contributed by atoms with Gasteiger partial charge in [-0.3, -0.25) is 0 Å². The summed E-state index contributed by atoms with van der Waals surface area (Å²) in [6.07, 6.45) is 6.96. The number of aliphatic hydroxyl groups is 1. The van der Waals surface area contributed by atoms with Crippen LogP contribution >= 0.6 is 11.8 Å². The van der Waals surface area contributed by atoms with E-state index in [0.717, 1.165) is 31.1 Å². The van der Waals surface area contributed by atoms with E-state index in [1.807, 2.05) is 0 Å². The SMILES string of the molecule is OCC1CCCn2cc(CC3CCSC3)nc21. The van der Waals surface area contributed by atoms with E-state index in [-0.39, 0.29) is 12.5 Å². The third kappa shape index (κ3) is 2.38. The maximum atomic E-state index is 9.37. The molecule has 4 heteroatoms. The molecule has 1 aromatic rings. The van der Waals surface area contributed by atoms with Crippen molar-refractivity contribution < 1.29 is 5.11 Å². The van der Waals surface area contributed by atoms with Crippen LogP contribution in [0.15, 0.2) is 6.20 Å². The molecule has 3 nitrogen and oxygen atoms in total. The van der Waals surface area contributed by atoms with Crippen molar-refractivity contribution >= 4 is 11.8 Å². The van der Waals surface area contributed by atoms with Crippen LogP contribution in [0.4, 0.5) is 0 Å². The molecule has 1 N–H and O–H groups in total. The molecule has 3 rings (SSSR count). The lowest BCUT2D eigenvalue weighted by molar-refractivity contribution is 0.238. The minimum Gasteiger partial charge on any atom is -0.396 e. The highest BCUT2D eigenvalue weighted by molar-refractivity contribution is 7.99. The second-order valence-electron chi connectivity index (χ2n) is 5.24. The standard InChI is InChI=1S/C13H20N2OS/c16-8-11-2-1-4-15-7-12(14-13(11)15)6-10-3-5-17-9-10/h7,10-11,16H,1-6,8-9H2. The lowest BCUT2D eigenvalue weighted by Gasteiger charge is -2.21. The minimum atomic E-state index is 0.246. The summed E-state index contributed by atoms with van der Waals surface area (Å²) >= 11 is 2.07. The summed E-state index contributed by atoms with van der Waals surface area (Å²) in [5.41, 5.74) is 1.24. The number of hydrogen-bond acceptors (Lipinski definition) is 3. The van der Waals surface area contributed by atoms with Gasteiger partial charge in [0, 0.05) is 18.7 Å². The predicted octanol–water partition coefficient (Wildman–Crippen LogP) is 2.05. The molecule has 3 heterocycles. The fraction of sp³-hybridized carbons (Fsp3) is 0.769. The average molecular weight is 252 g/mol. The number of aryl methyl sites for hydroxylation is 1. The largest absolute Gasteiger partial charge is 0.396 e. The Kier molecular flexibility index (Phi) is 3.43. The molecule has 0 aromatic carbocycles. The number of aromatic nitrogens is 2. The zero-order valence-electron chi connectivity index (χ0n) is 10.1.